The minimum absolute atomic E-state index is 0.00918. The van der Waals surface area contributed by atoms with Gasteiger partial charge in [0.1, 0.15) is 24.1 Å². The first kappa shape index (κ1) is 13.8. The van der Waals surface area contributed by atoms with Crippen LogP contribution < -0.4 is 4.74 Å². The summed E-state index contributed by atoms with van der Waals surface area (Å²) in [6, 6.07) is 5.58. The summed E-state index contributed by atoms with van der Waals surface area (Å²) in [6.45, 7) is 2.21. The van der Waals surface area contributed by atoms with Gasteiger partial charge in [0, 0.05) is 22.7 Å². The fourth-order valence-corrected chi connectivity index (χ4v) is 3.18. The summed E-state index contributed by atoms with van der Waals surface area (Å²) in [5.74, 6) is 0.670. The van der Waals surface area contributed by atoms with Crippen LogP contribution in [0.15, 0.2) is 24.4 Å². The molecule has 2 saturated heterocycles. The summed E-state index contributed by atoms with van der Waals surface area (Å²) in [6.07, 6.45) is 0.314. The predicted octanol–water partition coefficient (Wildman–Crippen LogP) is 1.28. The Kier molecular flexibility index (Phi) is 3.18. The molecule has 6 nitrogen and oxygen atoms in total. The van der Waals surface area contributed by atoms with Crippen molar-refractivity contribution in [3.05, 3.63) is 30.0 Å². The first-order chi connectivity index (χ1) is 10.6. The van der Waals surface area contributed by atoms with Gasteiger partial charge in [0.2, 0.25) is 0 Å². The van der Waals surface area contributed by atoms with Gasteiger partial charge in [-0.3, -0.25) is 4.79 Å². The highest BCUT2D eigenvalue weighted by molar-refractivity contribution is 6.07. The minimum atomic E-state index is -0.588. The molecule has 1 aromatic heterocycles. The summed E-state index contributed by atoms with van der Waals surface area (Å²) < 4.78 is 17.1. The van der Waals surface area contributed by atoms with Crippen LogP contribution in [-0.4, -0.2) is 53.5 Å². The van der Waals surface area contributed by atoms with E-state index in [9.17, 15) is 9.90 Å². The smallest absolute Gasteiger partial charge is 0.161 e. The van der Waals surface area contributed by atoms with E-state index in [0.29, 0.717) is 17.9 Å². The zero-order valence-corrected chi connectivity index (χ0v) is 12.1. The fourth-order valence-electron chi connectivity index (χ4n) is 3.18. The standard InChI is InChI=1S/C16H17NO5/c1-8(18)11-5-17-12-3-2-9(4-10(11)12)22-14-7-21-15-13(19)6-20-16(14)15/h2-5,13-17,19H,6-7H2,1H3/t13-,14-,15-,16-/m1/s1. The van der Waals surface area contributed by atoms with Crippen molar-refractivity contribution in [2.45, 2.75) is 31.3 Å². The van der Waals surface area contributed by atoms with Gasteiger partial charge in [0.05, 0.1) is 13.2 Å². The molecule has 0 saturated carbocycles. The highest BCUT2D eigenvalue weighted by Crippen LogP contribution is 2.31. The maximum atomic E-state index is 11.6. The highest BCUT2D eigenvalue weighted by Gasteiger charge is 2.48. The monoisotopic (exact) mass is 303 g/mol. The number of ether oxygens (including phenoxy) is 3. The van der Waals surface area contributed by atoms with Crippen molar-refractivity contribution in [3.8, 4) is 5.75 Å². The van der Waals surface area contributed by atoms with Crippen LogP contribution in [0.5, 0.6) is 5.75 Å². The largest absolute Gasteiger partial charge is 0.485 e. The van der Waals surface area contributed by atoms with Gasteiger partial charge >= 0.3 is 0 Å². The predicted molar refractivity (Wildman–Crippen MR) is 78.2 cm³/mol. The van der Waals surface area contributed by atoms with Crippen LogP contribution in [0.3, 0.4) is 0 Å². The molecule has 4 atom stereocenters. The van der Waals surface area contributed by atoms with Crippen molar-refractivity contribution < 1.29 is 24.1 Å². The van der Waals surface area contributed by atoms with Crippen molar-refractivity contribution in [2.75, 3.05) is 13.2 Å². The molecule has 2 aliphatic heterocycles. The summed E-state index contributed by atoms with van der Waals surface area (Å²) in [5.41, 5.74) is 1.54. The molecule has 1 aromatic carbocycles. The third-order valence-electron chi connectivity index (χ3n) is 4.30. The number of ketones is 1. The average molecular weight is 303 g/mol. The van der Waals surface area contributed by atoms with E-state index in [1.807, 2.05) is 18.2 Å². The van der Waals surface area contributed by atoms with E-state index in [1.165, 1.54) is 0 Å². The lowest BCUT2D eigenvalue weighted by Crippen LogP contribution is -2.34. The lowest BCUT2D eigenvalue weighted by atomic mass is 10.1. The van der Waals surface area contributed by atoms with Crippen LogP contribution in [0.4, 0.5) is 0 Å². The molecule has 4 rings (SSSR count). The van der Waals surface area contributed by atoms with E-state index in [2.05, 4.69) is 4.98 Å². The average Bonchev–Trinajstić information content (AvgIpc) is 3.16. The molecule has 116 valence electrons. The van der Waals surface area contributed by atoms with Gasteiger partial charge in [-0.1, -0.05) is 0 Å². The van der Waals surface area contributed by atoms with Crippen molar-refractivity contribution in [1.82, 2.24) is 4.98 Å². The van der Waals surface area contributed by atoms with Crippen LogP contribution in [0, 0.1) is 0 Å². The number of aliphatic hydroxyl groups excluding tert-OH is 1. The van der Waals surface area contributed by atoms with Crippen LogP contribution in [0.25, 0.3) is 10.9 Å². The molecular formula is C16H17NO5. The first-order valence-corrected chi connectivity index (χ1v) is 7.33. The van der Waals surface area contributed by atoms with E-state index in [-0.39, 0.29) is 30.7 Å². The Labute approximate surface area is 127 Å². The van der Waals surface area contributed by atoms with Gasteiger partial charge in [-0.2, -0.15) is 0 Å². The molecule has 2 aromatic rings. The van der Waals surface area contributed by atoms with Gasteiger partial charge < -0.3 is 24.3 Å². The van der Waals surface area contributed by atoms with Gasteiger partial charge in [-0.25, -0.2) is 0 Å². The first-order valence-electron chi connectivity index (χ1n) is 7.33. The summed E-state index contributed by atoms with van der Waals surface area (Å²) in [5, 5.41) is 10.6. The van der Waals surface area contributed by atoms with E-state index >= 15 is 0 Å². The van der Waals surface area contributed by atoms with Gasteiger partial charge in [-0.15, -0.1) is 0 Å². The van der Waals surface area contributed by atoms with E-state index in [4.69, 9.17) is 14.2 Å². The second-order valence-corrected chi connectivity index (χ2v) is 5.79. The Morgan fingerprint density at radius 1 is 1.32 bits per heavy atom. The molecule has 0 radical (unpaired) electrons. The van der Waals surface area contributed by atoms with Gasteiger partial charge in [-0.05, 0) is 25.1 Å². The number of aliphatic hydroxyl groups is 1. The number of hydrogen-bond donors (Lipinski definition) is 2. The number of rotatable bonds is 3. The lowest BCUT2D eigenvalue weighted by Gasteiger charge is -2.18. The molecule has 0 amide bonds. The SMILES string of the molecule is CC(=O)c1c[nH]c2ccc(O[C@@H]3CO[C@H]4[C@@H]3OC[C@H]4O)cc12. The maximum absolute atomic E-state index is 11.6. The molecule has 6 heteroatoms. The zero-order valence-electron chi connectivity index (χ0n) is 12.1. The molecular weight excluding hydrogens is 286 g/mol. The molecule has 0 unspecified atom stereocenters. The number of aromatic nitrogens is 1. The number of hydrogen-bond acceptors (Lipinski definition) is 5. The van der Waals surface area contributed by atoms with Crippen LogP contribution in [-0.2, 0) is 9.47 Å². The highest BCUT2D eigenvalue weighted by atomic mass is 16.6. The molecule has 0 aliphatic carbocycles. The van der Waals surface area contributed by atoms with Crippen molar-refractivity contribution >= 4 is 16.7 Å². The Balaban J connectivity index is 1.59. The molecule has 3 heterocycles. The summed E-state index contributed by atoms with van der Waals surface area (Å²) in [4.78, 5) is 14.7. The molecule has 2 aliphatic rings. The molecule has 22 heavy (non-hydrogen) atoms. The number of Topliss-reactive ketones (excluding diaryl/α,β-unsaturated/α-hetero) is 1. The number of H-pyrrole nitrogens is 1. The van der Waals surface area contributed by atoms with E-state index < -0.39 is 6.10 Å². The Hall–Kier alpha value is -1.89. The van der Waals surface area contributed by atoms with E-state index in [0.717, 1.165) is 10.9 Å². The Bertz CT molecular complexity index is 724. The van der Waals surface area contributed by atoms with Crippen molar-refractivity contribution in [2.24, 2.45) is 0 Å². The summed E-state index contributed by atoms with van der Waals surface area (Å²) >= 11 is 0. The lowest BCUT2D eigenvalue weighted by molar-refractivity contribution is 0.00865. The number of carbonyl (C=O) groups excluding carboxylic acids is 1. The maximum Gasteiger partial charge on any atom is 0.161 e. The molecule has 0 spiro atoms. The number of fused-ring (bicyclic) bond motifs is 2. The quantitative estimate of drug-likeness (QED) is 0.835. The number of benzene rings is 1. The normalized spacial score (nSPS) is 30.6. The second-order valence-electron chi connectivity index (χ2n) is 5.79. The van der Waals surface area contributed by atoms with E-state index in [1.54, 1.807) is 13.1 Å². The van der Waals surface area contributed by atoms with Gasteiger partial charge in [0.25, 0.3) is 0 Å². The number of aromatic amines is 1. The zero-order chi connectivity index (χ0) is 15.3. The van der Waals surface area contributed by atoms with Crippen LogP contribution in [0.1, 0.15) is 17.3 Å². The topological polar surface area (TPSA) is 80.8 Å². The Morgan fingerprint density at radius 2 is 2.14 bits per heavy atom. The van der Waals surface area contributed by atoms with Crippen molar-refractivity contribution in [3.63, 3.8) is 0 Å². The van der Waals surface area contributed by atoms with Gasteiger partial charge in [0.15, 0.2) is 11.9 Å². The summed E-state index contributed by atoms with van der Waals surface area (Å²) in [7, 11) is 0. The van der Waals surface area contributed by atoms with Crippen LogP contribution in [0.2, 0.25) is 0 Å². The molecule has 2 fully saturated rings. The second kappa shape index (κ2) is 5.08. The number of nitrogens with one attached hydrogen (secondary N) is 1. The molecule has 2 N–H and O–H groups in total. The van der Waals surface area contributed by atoms with Crippen LogP contribution >= 0.6 is 0 Å². The molecule has 0 bridgehead atoms. The third kappa shape index (κ3) is 2.11. The minimum Gasteiger partial charge on any atom is -0.485 e. The van der Waals surface area contributed by atoms with Crippen molar-refractivity contribution in [1.29, 1.82) is 0 Å². The third-order valence-corrected chi connectivity index (χ3v) is 4.30. The Morgan fingerprint density at radius 3 is 2.95 bits per heavy atom. The number of carbonyl (C=O) groups is 1. The fraction of sp³-hybridized carbons (Fsp3) is 0.438.